The number of Topliss-reactive ketones (excluding diaryl/α,β-unsaturated/α-hetero) is 1. The molecule has 0 spiro atoms. The number of hydrogen-bond donors (Lipinski definition) is 0. The lowest BCUT2D eigenvalue weighted by atomic mass is 10.1. The second kappa shape index (κ2) is 8.94. The van der Waals surface area contributed by atoms with Crippen LogP contribution in [0.4, 0.5) is 0 Å². The zero-order valence-corrected chi connectivity index (χ0v) is 15.8. The highest BCUT2D eigenvalue weighted by Crippen LogP contribution is 2.25. The number of amides is 2. The topological polar surface area (TPSA) is 110 Å². The number of nitrogens with zero attached hydrogens (tertiary/aromatic N) is 2. The summed E-state index contributed by atoms with van der Waals surface area (Å²) in [6.45, 7) is 3.84. The SMILES string of the molecule is CCOC(=O)CN(C=C(C(C)=O)C(=O)OCC)N1C(=O)c2ccccc2C1=O. The van der Waals surface area contributed by atoms with E-state index in [1.807, 2.05) is 0 Å². The molecule has 1 aromatic rings. The van der Waals surface area contributed by atoms with Crippen LogP contribution in [-0.4, -0.2) is 59.3 Å². The predicted molar refractivity (Wildman–Crippen MR) is 95.7 cm³/mol. The minimum atomic E-state index is -0.930. The molecule has 9 nitrogen and oxygen atoms in total. The largest absolute Gasteiger partial charge is 0.465 e. The molecule has 0 N–H and O–H groups in total. The maximum atomic E-state index is 12.7. The number of esters is 2. The fraction of sp³-hybridized carbons (Fsp3) is 0.316. The molecule has 0 unspecified atom stereocenters. The molecule has 1 aliphatic rings. The first-order chi connectivity index (χ1) is 13.3. The third kappa shape index (κ3) is 4.25. The van der Waals surface area contributed by atoms with Crippen LogP contribution in [0, 0.1) is 0 Å². The molecule has 28 heavy (non-hydrogen) atoms. The molecule has 148 valence electrons. The van der Waals surface area contributed by atoms with Crippen LogP contribution < -0.4 is 0 Å². The van der Waals surface area contributed by atoms with Gasteiger partial charge >= 0.3 is 11.9 Å². The van der Waals surface area contributed by atoms with E-state index in [9.17, 15) is 24.0 Å². The highest BCUT2D eigenvalue weighted by atomic mass is 16.5. The number of carbonyl (C=O) groups excluding carboxylic acids is 5. The van der Waals surface area contributed by atoms with Crippen molar-refractivity contribution in [3.05, 3.63) is 47.2 Å². The van der Waals surface area contributed by atoms with Gasteiger partial charge in [-0.3, -0.25) is 24.2 Å². The Kier molecular flexibility index (Phi) is 6.64. The van der Waals surface area contributed by atoms with E-state index in [1.165, 1.54) is 12.1 Å². The normalized spacial score (nSPS) is 13.2. The van der Waals surface area contributed by atoms with Crippen LogP contribution in [0.25, 0.3) is 0 Å². The van der Waals surface area contributed by atoms with Gasteiger partial charge in [-0.05, 0) is 32.9 Å². The van der Waals surface area contributed by atoms with E-state index in [4.69, 9.17) is 9.47 Å². The van der Waals surface area contributed by atoms with Gasteiger partial charge in [0.2, 0.25) is 0 Å². The van der Waals surface area contributed by atoms with Crippen molar-refractivity contribution in [2.75, 3.05) is 19.8 Å². The van der Waals surface area contributed by atoms with Crippen molar-refractivity contribution in [1.29, 1.82) is 0 Å². The number of hydrazine groups is 1. The summed E-state index contributed by atoms with van der Waals surface area (Å²) >= 11 is 0. The Morgan fingerprint density at radius 3 is 2.00 bits per heavy atom. The molecular weight excluding hydrogens is 368 g/mol. The molecule has 0 radical (unpaired) electrons. The van der Waals surface area contributed by atoms with Gasteiger partial charge in [-0.1, -0.05) is 12.1 Å². The number of benzene rings is 1. The van der Waals surface area contributed by atoms with Crippen molar-refractivity contribution < 1.29 is 33.4 Å². The molecular formula is C19H20N2O7. The smallest absolute Gasteiger partial charge is 0.343 e. The fourth-order valence-corrected chi connectivity index (χ4v) is 2.57. The molecule has 0 saturated carbocycles. The Hall–Kier alpha value is -3.49. The van der Waals surface area contributed by atoms with Crippen molar-refractivity contribution in [2.24, 2.45) is 0 Å². The zero-order chi connectivity index (χ0) is 20.8. The molecule has 1 aromatic carbocycles. The lowest BCUT2D eigenvalue weighted by molar-refractivity contribution is -0.146. The van der Waals surface area contributed by atoms with Gasteiger partial charge in [-0.25, -0.2) is 4.79 Å². The number of ketones is 1. The first kappa shape index (κ1) is 20.8. The van der Waals surface area contributed by atoms with Crippen LogP contribution in [0.3, 0.4) is 0 Å². The van der Waals surface area contributed by atoms with Gasteiger partial charge in [0.1, 0.15) is 12.1 Å². The highest BCUT2D eigenvalue weighted by molar-refractivity contribution is 6.21. The number of rotatable bonds is 8. The summed E-state index contributed by atoms with van der Waals surface area (Å²) in [7, 11) is 0. The Morgan fingerprint density at radius 1 is 1.00 bits per heavy atom. The Morgan fingerprint density at radius 2 is 1.54 bits per heavy atom. The van der Waals surface area contributed by atoms with Gasteiger partial charge < -0.3 is 9.47 Å². The quantitative estimate of drug-likeness (QED) is 0.214. The first-order valence-corrected chi connectivity index (χ1v) is 8.61. The molecule has 2 amide bonds. The van der Waals surface area contributed by atoms with Gasteiger partial charge in [0.25, 0.3) is 11.8 Å². The van der Waals surface area contributed by atoms with Crippen LogP contribution >= 0.6 is 0 Å². The fourth-order valence-electron chi connectivity index (χ4n) is 2.57. The van der Waals surface area contributed by atoms with E-state index in [0.29, 0.717) is 5.01 Å². The van der Waals surface area contributed by atoms with Crippen LogP contribution in [-0.2, 0) is 23.9 Å². The third-order valence-electron chi connectivity index (χ3n) is 3.78. The van der Waals surface area contributed by atoms with E-state index in [2.05, 4.69) is 0 Å². The van der Waals surface area contributed by atoms with E-state index in [0.717, 1.165) is 18.1 Å². The molecule has 9 heteroatoms. The van der Waals surface area contributed by atoms with Gasteiger partial charge in [-0.15, -0.1) is 0 Å². The lowest BCUT2D eigenvalue weighted by Gasteiger charge is -2.28. The van der Waals surface area contributed by atoms with Crippen molar-refractivity contribution in [3.63, 3.8) is 0 Å². The van der Waals surface area contributed by atoms with Gasteiger partial charge in [0.05, 0.1) is 24.3 Å². The summed E-state index contributed by atoms with van der Waals surface area (Å²) in [6, 6.07) is 6.13. The summed E-state index contributed by atoms with van der Waals surface area (Å²) in [5, 5.41) is 1.60. The van der Waals surface area contributed by atoms with Crippen molar-refractivity contribution in [2.45, 2.75) is 20.8 Å². The van der Waals surface area contributed by atoms with Gasteiger partial charge in [0.15, 0.2) is 5.78 Å². The van der Waals surface area contributed by atoms with Gasteiger partial charge in [0, 0.05) is 6.20 Å². The Balaban J connectivity index is 2.48. The molecule has 2 rings (SSSR count). The second-order valence-corrected chi connectivity index (χ2v) is 5.69. The molecule has 0 saturated heterocycles. The van der Waals surface area contributed by atoms with Gasteiger partial charge in [-0.2, -0.15) is 5.01 Å². The second-order valence-electron chi connectivity index (χ2n) is 5.69. The maximum absolute atomic E-state index is 12.7. The monoisotopic (exact) mass is 388 g/mol. The van der Waals surface area contributed by atoms with Crippen LogP contribution in [0.15, 0.2) is 36.0 Å². The standard InChI is InChI=1S/C19H20N2O7/c1-4-27-16(23)11-20(10-15(12(3)22)19(26)28-5-2)21-17(24)13-8-6-7-9-14(13)18(21)25/h6-10H,4-5,11H2,1-3H3. The van der Waals surface area contributed by atoms with Crippen molar-refractivity contribution in [3.8, 4) is 0 Å². The average Bonchev–Trinajstić information content (AvgIpc) is 2.90. The number of carbonyl (C=O) groups is 5. The number of imide groups is 1. The lowest BCUT2D eigenvalue weighted by Crippen LogP contribution is -2.46. The zero-order valence-electron chi connectivity index (χ0n) is 15.8. The summed E-state index contributed by atoms with van der Waals surface area (Å²) in [5.74, 6) is -3.70. The number of ether oxygens (including phenoxy) is 2. The minimum absolute atomic E-state index is 0.0222. The molecule has 0 fully saturated rings. The Bertz CT molecular complexity index is 825. The summed E-state index contributed by atoms with van der Waals surface area (Å²) in [4.78, 5) is 61.4. The van der Waals surface area contributed by atoms with E-state index in [1.54, 1.807) is 26.0 Å². The van der Waals surface area contributed by atoms with Crippen molar-refractivity contribution in [1.82, 2.24) is 10.0 Å². The van der Waals surface area contributed by atoms with Crippen LogP contribution in [0.5, 0.6) is 0 Å². The highest BCUT2D eigenvalue weighted by Gasteiger charge is 2.39. The molecule has 1 heterocycles. The summed E-state index contributed by atoms with van der Waals surface area (Å²) < 4.78 is 9.71. The predicted octanol–water partition coefficient (Wildman–Crippen LogP) is 1.10. The third-order valence-corrected chi connectivity index (χ3v) is 3.78. The number of hydrogen-bond acceptors (Lipinski definition) is 8. The maximum Gasteiger partial charge on any atom is 0.343 e. The van der Waals surface area contributed by atoms with E-state index in [-0.39, 0.29) is 24.3 Å². The average molecular weight is 388 g/mol. The van der Waals surface area contributed by atoms with E-state index < -0.39 is 41.7 Å². The Labute approximate surface area is 161 Å². The molecule has 0 atom stereocenters. The minimum Gasteiger partial charge on any atom is -0.465 e. The van der Waals surface area contributed by atoms with Crippen LogP contribution in [0.2, 0.25) is 0 Å². The molecule has 0 aliphatic carbocycles. The molecule has 0 aromatic heterocycles. The van der Waals surface area contributed by atoms with E-state index >= 15 is 0 Å². The first-order valence-electron chi connectivity index (χ1n) is 8.61. The molecule has 0 bridgehead atoms. The summed E-state index contributed by atoms with van der Waals surface area (Å²) in [5.41, 5.74) is -0.117. The van der Waals surface area contributed by atoms with Crippen molar-refractivity contribution >= 4 is 29.5 Å². The number of fused-ring (bicyclic) bond motifs is 1. The summed E-state index contributed by atoms with van der Waals surface area (Å²) in [6.07, 6.45) is 0.957. The van der Waals surface area contributed by atoms with Crippen LogP contribution in [0.1, 0.15) is 41.5 Å². The molecule has 1 aliphatic heterocycles.